The molecule has 2 aromatic heterocycles. The van der Waals surface area contributed by atoms with Gasteiger partial charge in [0.05, 0.1) is 12.8 Å². The molecule has 0 unspecified atom stereocenters. The normalized spacial score (nSPS) is 13.5. The Labute approximate surface area is 133 Å². The molecule has 0 bridgehead atoms. The smallest absolute Gasteiger partial charge is 0.345 e. The molecule has 0 spiro atoms. The van der Waals surface area contributed by atoms with Gasteiger partial charge in [-0.05, 0) is 25.7 Å². The average molecular weight is 329 g/mol. The Morgan fingerprint density at radius 2 is 2.32 bits per heavy atom. The first-order valence-electron chi connectivity index (χ1n) is 6.91. The summed E-state index contributed by atoms with van der Waals surface area (Å²) in [7, 11) is 0. The van der Waals surface area contributed by atoms with Gasteiger partial charge in [-0.3, -0.25) is 0 Å². The molecule has 120 valence electrons. The molecule has 1 saturated carbocycles. The molecule has 0 saturated heterocycles. The minimum Gasteiger partial charge on any atom is -0.467 e. The number of aromatic nitrogens is 4. The summed E-state index contributed by atoms with van der Waals surface area (Å²) in [6.07, 6.45) is 4.68. The SMILES string of the molecule is CCOC(=O)c1cn[nH]c1OCc1nc(CC2CC2)no1.Cl. The van der Waals surface area contributed by atoms with Gasteiger partial charge in [-0.15, -0.1) is 12.4 Å². The lowest BCUT2D eigenvalue weighted by Gasteiger charge is -2.03. The Kier molecular flexibility index (Phi) is 5.37. The highest BCUT2D eigenvalue weighted by molar-refractivity contribution is 5.91. The van der Waals surface area contributed by atoms with Gasteiger partial charge < -0.3 is 14.0 Å². The summed E-state index contributed by atoms with van der Waals surface area (Å²) in [6, 6.07) is 0. The van der Waals surface area contributed by atoms with Crippen LogP contribution >= 0.6 is 12.4 Å². The van der Waals surface area contributed by atoms with Crippen molar-refractivity contribution in [2.24, 2.45) is 5.92 Å². The lowest BCUT2D eigenvalue weighted by molar-refractivity contribution is 0.0520. The van der Waals surface area contributed by atoms with E-state index in [-0.39, 0.29) is 37.1 Å². The molecule has 0 aliphatic heterocycles. The topological polar surface area (TPSA) is 103 Å². The Bertz CT molecular complexity index is 623. The first-order valence-corrected chi connectivity index (χ1v) is 6.91. The summed E-state index contributed by atoms with van der Waals surface area (Å²) in [5, 5.41) is 10.3. The number of nitrogens with one attached hydrogen (secondary N) is 1. The Balaban J connectivity index is 0.00000176. The van der Waals surface area contributed by atoms with Gasteiger partial charge in [0.15, 0.2) is 12.4 Å². The quantitative estimate of drug-likeness (QED) is 0.774. The van der Waals surface area contributed by atoms with Crippen LogP contribution in [0.15, 0.2) is 10.7 Å². The van der Waals surface area contributed by atoms with Crippen LogP contribution in [0, 0.1) is 5.92 Å². The van der Waals surface area contributed by atoms with E-state index in [1.807, 2.05) is 0 Å². The summed E-state index contributed by atoms with van der Waals surface area (Å²) in [5.41, 5.74) is 0.245. The fraction of sp³-hybridized carbons (Fsp3) is 0.538. The van der Waals surface area contributed by atoms with E-state index in [0.717, 1.165) is 6.42 Å². The predicted octanol–water partition coefficient (Wildman–Crippen LogP) is 1.92. The largest absolute Gasteiger partial charge is 0.467 e. The lowest BCUT2D eigenvalue weighted by Crippen LogP contribution is -2.06. The lowest BCUT2D eigenvalue weighted by atomic mass is 10.3. The van der Waals surface area contributed by atoms with E-state index in [2.05, 4.69) is 20.3 Å². The third kappa shape index (κ3) is 3.97. The molecule has 2 aromatic rings. The van der Waals surface area contributed by atoms with Crippen molar-refractivity contribution in [2.75, 3.05) is 6.61 Å². The second-order valence-electron chi connectivity index (χ2n) is 4.87. The van der Waals surface area contributed by atoms with Gasteiger partial charge in [-0.25, -0.2) is 9.89 Å². The van der Waals surface area contributed by atoms with Gasteiger partial charge >= 0.3 is 5.97 Å². The van der Waals surface area contributed by atoms with Crippen molar-refractivity contribution >= 4 is 18.4 Å². The second kappa shape index (κ2) is 7.26. The maximum absolute atomic E-state index is 11.7. The average Bonchev–Trinajstić information content (AvgIpc) is 2.99. The highest BCUT2D eigenvalue weighted by Gasteiger charge is 2.24. The van der Waals surface area contributed by atoms with Crippen molar-refractivity contribution in [3.8, 4) is 5.88 Å². The van der Waals surface area contributed by atoms with E-state index in [1.54, 1.807) is 6.92 Å². The molecular formula is C13H17ClN4O4. The van der Waals surface area contributed by atoms with Gasteiger partial charge in [0.1, 0.15) is 5.56 Å². The summed E-state index contributed by atoms with van der Waals surface area (Å²) < 4.78 is 15.5. The summed E-state index contributed by atoms with van der Waals surface area (Å²) in [5.74, 6) is 1.51. The summed E-state index contributed by atoms with van der Waals surface area (Å²) >= 11 is 0. The number of rotatable bonds is 7. The fourth-order valence-electron chi connectivity index (χ4n) is 1.88. The first-order chi connectivity index (χ1) is 10.3. The molecule has 0 aromatic carbocycles. The van der Waals surface area contributed by atoms with Crippen molar-refractivity contribution in [1.82, 2.24) is 20.3 Å². The number of esters is 1. The van der Waals surface area contributed by atoms with E-state index in [1.165, 1.54) is 19.0 Å². The van der Waals surface area contributed by atoms with Crippen molar-refractivity contribution < 1.29 is 18.8 Å². The molecule has 8 nitrogen and oxygen atoms in total. The molecule has 2 heterocycles. The van der Waals surface area contributed by atoms with Crippen LogP contribution in [0.3, 0.4) is 0 Å². The van der Waals surface area contributed by atoms with Crippen LogP contribution in [0.1, 0.15) is 41.8 Å². The van der Waals surface area contributed by atoms with Crippen LogP contribution in [0.5, 0.6) is 5.88 Å². The maximum Gasteiger partial charge on any atom is 0.345 e. The Morgan fingerprint density at radius 1 is 1.50 bits per heavy atom. The molecule has 3 rings (SSSR count). The number of ether oxygens (including phenoxy) is 2. The van der Waals surface area contributed by atoms with Crippen LogP contribution in [0.2, 0.25) is 0 Å². The van der Waals surface area contributed by atoms with Crippen LogP contribution in [-0.4, -0.2) is 32.9 Å². The standard InChI is InChI=1S/C13H16N4O4.ClH/c1-2-19-13(18)9-6-14-16-12(9)20-7-11-15-10(17-21-11)5-8-3-4-8;/h6,8H,2-5,7H2,1H3,(H,14,16);1H. The van der Waals surface area contributed by atoms with Crippen molar-refractivity contribution in [3.63, 3.8) is 0 Å². The third-order valence-corrected chi connectivity index (χ3v) is 3.12. The third-order valence-electron chi connectivity index (χ3n) is 3.12. The predicted molar refractivity (Wildman–Crippen MR) is 76.9 cm³/mol. The molecule has 0 amide bonds. The van der Waals surface area contributed by atoms with Gasteiger partial charge in [-0.1, -0.05) is 5.16 Å². The van der Waals surface area contributed by atoms with E-state index in [9.17, 15) is 4.79 Å². The van der Waals surface area contributed by atoms with Crippen molar-refractivity contribution in [2.45, 2.75) is 32.8 Å². The molecule has 1 aliphatic rings. The van der Waals surface area contributed by atoms with Gasteiger partial charge in [0, 0.05) is 6.42 Å². The molecule has 0 atom stereocenters. The molecule has 9 heteroatoms. The van der Waals surface area contributed by atoms with E-state index < -0.39 is 5.97 Å². The van der Waals surface area contributed by atoms with E-state index in [0.29, 0.717) is 17.6 Å². The number of carbonyl (C=O) groups is 1. The maximum atomic E-state index is 11.7. The van der Waals surface area contributed by atoms with E-state index in [4.69, 9.17) is 14.0 Å². The number of carbonyl (C=O) groups excluding carboxylic acids is 1. The van der Waals surface area contributed by atoms with Gasteiger partial charge in [0.25, 0.3) is 5.89 Å². The minimum atomic E-state index is -0.485. The van der Waals surface area contributed by atoms with Crippen LogP contribution in [0.4, 0.5) is 0 Å². The summed E-state index contributed by atoms with van der Waals surface area (Å²) in [4.78, 5) is 15.9. The number of hydrogen-bond acceptors (Lipinski definition) is 7. The van der Waals surface area contributed by atoms with Crippen LogP contribution in [0.25, 0.3) is 0 Å². The molecule has 1 fully saturated rings. The second-order valence-corrected chi connectivity index (χ2v) is 4.87. The zero-order valence-electron chi connectivity index (χ0n) is 12.1. The molecule has 22 heavy (non-hydrogen) atoms. The minimum absolute atomic E-state index is 0. The zero-order valence-corrected chi connectivity index (χ0v) is 12.9. The Morgan fingerprint density at radius 3 is 3.05 bits per heavy atom. The van der Waals surface area contributed by atoms with E-state index >= 15 is 0 Å². The monoisotopic (exact) mass is 328 g/mol. The number of nitrogens with zero attached hydrogens (tertiary/aromatic N) is 3. The van der Waals surface area contributed by atoms with Crippen LogP contribution < -0.4 is 4.74 Å². The number of aromatic amines is 1. The molecule has 0 radical (unpaired) electrons. The highest BCUT2D eigenvalue weighted by atomic mass is 35.5. The van der Waals surface area contributed by atoms with Crippen molar-refractivity contribution in [3.05, 3.63) is 23.5 Å². The molecule has 1 aliphatic carbocycles. The number of halogens is 1. The number of H-pyrrole nitrogens is 1. The Hall–Kier alpha value is -2.09. The van der Waals surface area contributed by atoms with Crippen LogP contribution in [-0.2, 0) is 17.8 Å². The highest BCUT2D eigenvalue weighted by Crippen LogP contribution is 2.31. The molecule has 1 N–H and O–H groups in total. The zero-order chi connectivity index (χ0) is 14.7. The summed E-state index contributed by atoms with van der Waals surface area (Å²) in [6.45, 7) is 2.10. The van der Waals surface area contributed by atoms with Crippen molar-refractivity contribution in [1.29, 1.82) is 0 Å². The fourth-order valence-corrected chi connectivity index (χ4v) is 1.88. The number of hydrogen-bond donors (Lipinski definition) is 1. The van der Waals surface area contributed by atoms with Gasteiger partial charge in [-0.2, -0.15) is 10.1 Å². The van der Waals surface area contributed by atoms with Gasteiger partial charge in [0.2, 0.25) is 5.88 Å². The first kappa shape index (κ1) is 16.3. The molecular weight excluding hydrogens is 312 g/mol.